The summed E-state index contributed by atoms with van der Waals surface area (Å²) in [6, 6.07) is 7.54. The van der Waals surface area contributed by atoms with Crippen molar-refractivity contribution in [2.24, 2.45) is 7.05 Å². The van der Waals surface area contributed by atoms with E-state index in [1.54, 1.807) is 10.9 Å². The Balaban J connectivity index is 1.78. The highest BCUT2D eigenvalue weighted by Gasteiger charge is 2.14. The van der Waals surface area contributed by atoms with Gasteiger partial charge < -0.3 is 10.1 Å². The SMILES string of the molecule is Cn1nccc1-c1cc(NC(=O)CCl)ccc1OCCN1CCCC1. The zero-order chi connectivity index (χ0) is 17.6. The first-order valence-electron chi connectivity index (χ1n) is 8.51. The Bertz CT molecular complexity index is 726. The highest BCUT2D eigenvalue weighted by molar-refractivity contribution is 6.29. The van der Waals surface area contributed by atoms with Gasteiger partial charge in [-0.2, -0.15) is 5.10 Å². The van der Waals surface area contributed by atoms with Crippen molar-refractivity contribution in [1.82, 2.24) is 14.7 Å². The minimum Gasteiger partial charge on any atom is -0.492 e. The molecule has 1 fully saturated rings. The van der Waals surface area contributed by atoms with Gasteiger partial charge in [-0.05, 0) is 50.2 Å². The van der Waals surface area contributed by atoms with Gasteiger partial charge in [0.05, 0.1) is 5.69 Å². The summed E-state index contributed by atoms with van der Waals surface area (Å²) in [5.74, 6) is 0.474. The van der Waals surface area contributed by atoms with E-state index in [-0.39, 0.29) is 11.8 Å². The van der Waals surface area contributed by atoms with Crippen LogP contribution in [-0.2, 0) is 11.8 Å². The van der Waals surface area contributed by atoms with Crippen LogP contribution in [0.5, 0.6) is 5.75 Å². The molecule has 2 aromatic rings. The van der Waals surface area contributed by atoms with Gasteiger partial charge in [0.1, 0.15) is 18.2 Å². The van der Waals surface area contributed by atoms with Crippen molar-refractivity contribution in [3.8, 4) is 17.0 Å². The summed E-state index contributed by atoms with van der Waals surface area (Å²) in [4.78, 5) is 14.0. The quantitative estimate of drug-likeness (QED) is 0.769. The monoisotopic (exact) mass is 362 g/mol. The van der Waals surface area contributed by atoms with E-state index in [1.807, 2.05) is 31.3 Å². The maximum atomic E-state index is 11.6. The number of nitrogens with one attached hydrogen (secondary N) is 1. The van der Waals surface area contributed by atoms with E-state index in [4.69, 9.17) is 16.3 Å². The molecule has 7 heteroatoms. The van der Waals surface area contributed by atoms with Crippen molar-refractivity contribution < 1.29 is 9.53 Å². The number of carbonyl (C=O) groups is 1. The molecular weight excluding hydrogens is 340 g/mol. The number of aryl methyl sites for hydroxylation is 1. The number of aromatic nitrogens is 2. The lowest BCUT2D eigenvalue weighted by Gasteiger charge is -2.17. The molecule has 1 aromatic heterocycles. The highest BCUT2D eigenvalue weighted by atomic mass is 35.5. The summed E-state index contributed by atoms with van der Waals surface area (Å²) in [5, 5.41) is 7.01. The lowest BCUT2D eigenvalue weighted by atomic mass is 10.1. The third kappa shape index (κ3) is 4.52. The zero-order valence-corrected chi connectivity index (χ0v) is 15.1. The van der Waals surface area contributed by atoms with Gasteiger partial charge in [0, 0.05) is 31.0 Å². The van der Waals surface area contributed by atoms with Crippen LogP contribution in [0.2, 0.25) is 0 Å². The average molecular weight is 363 g/mol. The summed E-state index contributed by atoms with van der Waals surface area (Å²) < 4.78 is 7.83. The Morgan fingerprint density at radius 2 is 2.12 bits per heavy atom. The van der Waals surface area contributed by atoms with Gasteiger partial charge >= 0.3 is 0 Å². The Kier molecular flexibility index (Phi) is 5.94. The van der Waals surface area contributed by atoms with Crippen LogP contribution >= 0.6 is 11.6 Å². The summed E-state index contributed by atoms with van der Waals surface area (Å²) in [5.41, 5.74) is 2.51. The minimum absolute atomic E-state index is 0.0743. The maximum absolute atomic E-state index is 11.6. The van der Waals surface area contributed by atoms with E-state index >= 15 is 0 Å². The van der Waals surface area contributed by atoms with Crippen molar-refractivity contribution in [3.05, 3.63) is 30.5 Å². The van der Waals surface area contributed by atoms with Gasteiger partial charge in [0.2, 0.25) is 5.91 Å². The van der Waals surface area contributed by atoms with Gasteiger partial charge in [-0.25, -0.2) is 0 Å². The van der Waals surface area contributed by atoms with Crippen LogP contribution in [-0.4, -0.2) is 52.7 Å². The zero-order valence-electron chi connectivity index (χ0n) is 14.4. The van der Waals surface area contributed by atoms with Gasteiger partial charge in [-0.1, -0.05) is 0 Å². The lowest BCUT2D eigenvalue weighted by Crippen LogP contribution is -2.25. The number of alkyl halides is 1. The van der Waals surface area contributed by atoms with E-state index in [0.717, 1.165) is 36.6 Å². The largest absolute Gasteiger partial charge is 0.492 e. The van der Waals surface area contributed by atoms with Gasteiger partial charge in [-0.15, -0.1) is 11.6 Å². The maximum Gasteiger partial charge on any atom is 0.239 e. The Morgan fingerprint density at radius 1 is 1.32 bits per heavy atom. The molecule has 1 saturated heterocycles. The van der Waals surface area contributed by atoms with Crippen molar-refractivity contribution in [2.75, 3.05) is 37.4 Å². The first-order chi connectivity index (χ1) is 12.2. The molecule has 134 valence electrons. The van der Waals surface area contributed by atoms with Crippen LogP contribution in [0.4, 0.5) is 5.69 Å². The molecule has 3 rings (SSSR count). The molecule has 1 N–H and O–H groups in total. The topological polar surface area (TPSA) is 59.4 Å². The molecule has 0 saturated carbocycles. The normalized spacial score (nSPS) is 14.6. The Labute approximate surface area is 152 Å². The Hall–Kier alpha value is -2.05. The van der Waals surface area contributed by atoms with Crippen LogP contribution in [0.15, 0.2) is 30.5 Å². The number of anilines is 1. The third-order valence-corrected chi connectivity index (χ3v) is 4.59. The second-order valence-electron chi connectivity index (χ2n) is 6.13. The molecule has 1 aromatic carbocycles. The standard InChI is InChI=1S/C18H23ClN4O2/c1-22-16(6-7-20-22)15-12-14(21-18(24)13-19)4-5-17(15)25-11-10-23-8-2-3-9-23/h4-7,12H,2-3,8-11,13H2,1H3,(H,21,24). The number of rotatable bonds is 7. The number of likely N-dealkylation sites (tertiary alicyclic amines) is 1. The number of nitrogens with zero attached hydrogens (tertiary/aromatic N) is 3. The molecule has 2 heterocycles. The van der Waals surface area contributed by atoms with Gasteiger partial charge in [0.15, 0.2) is 0 Å². The number of carbonyl (C=O) groups excluding carboxylic acids is 1. The second-order valence-corrected chi connectivity index (χ2v) is 6.40. The van der Waals surface area contributed by atoms with Crippen LogP contribution < -0.4 is 10.1 Å². The molecule has 1 amide bonds. The first kappa shape index (κ1) is 17.8. The van der Waals surface area contributed by atoms with Crippen molar-refractivity contribution >= 4 is 23.2 Å². The highest BCUT2D eigenvalue weighted by Crippen LogP contribution is 2.32. The van der Waals surface area contributed by atoms with Gasteiger partial charge in [0.25, 0.3) is 0 Å². The predicted molar refractivity (Wildman–Crippen MR) is 99.2 cm³/mol. The lowest BCUT2D eigenvalue weighted by molar-refractivity contribution is -0.113. The van der Waals surface area contributed by atoms with Crippen LogP contribution in [0.1, 0.15) is 12.8 Å². The summed E-state index contributed by atoms with van der Waals surface area (Å²) >= 11 is 5.57. The number of amides is 1. The molecule has 0 unspecified atom stereocenters. The van der Waals surface area contributed by atoms with Crippen molar-refractivity contribution in [3.63, 3.8) is 0 Å². The van der Waals surface area contributed by atoms with E-state index in [0.29, 0.717) is 12.3 Å². The smallest absolute Gasteiger partial charge is 0.239 e. The Morgan fingerprint density at radius 3 is 2.80 bits per heavy atom. The first-order valence-corrected chi connectivity index (χ1v) is 9.04. The van der Waals surface area contributed by atoms with Crippen molar-refractivity contribution in [2.45, 2.75) is 12.8 Å². The fourth-order valence-corrected chi connectivity index (χ4v) is 3.12. The third-order valence-electron chi connectivity index (χ3n) is 4.35. The molecule has 0 bridgehead atoms. The molecule has 0 atom stereocenters. The summed E-state index contributed by atoms with van der Waals surface area (Å²) in [6.07, 6.45) is 4.29. The van der Waals surface area contributed by atoms with Crippen LogP contribution in [0.3, 0.4) is 0 Å². The molecule has 0 radical (unpaired) electrons. The van der Waals surface area contributed by atoms with E-state index < -0.39 is 0 Å². The number of ether oxygens (including phenoxy) is 1. The number of hydrogen-bond donors (Lipinski definition) is 1. The van der Waals surface area contributed by atoms with Gasteiger partial charge in [-0.3, -0.25) is 14.4 Å². The molecule has 0 aliphatic carbocycles. The molecule has 1 aliphatic heterocycles. The summed E-state index contributed by atoms with van der Waals surface area (Å²) in [6.45, 7) is 3.87. The minimum atomic E-state index is -0.236. The number of benzene rings is 1. The molecular formula is C18H23ClN4O2. The van der Waals surface area contributed by atoms with E-state index in [1.165, 1.54) is 12.8 Å². The fraction of sp³-hybridized carbons (Fsp3) is 0.444. The summed E-state index contributed by atoms with van der Waals surface area (Å²) in [7, 11) is 1.88. The fourth-order valence-electron chi connectivity index (χ4n) is 3.06. The number of halogens is 1. The van der Waals surface area contributed by atoms with Crippen LogP contribution in [0, 0.1) is 0 Å². The molecule has 1 aliphatic rings. The second kappa shape index (κ2) is 8.36. The average Bonchev–Trinajstić information content (AvgIpc) is 3.27. The van der Waals surface area contributed by atoms with Crippen molar-refractivity contribution in [1.29, 1.82) is 0 Å². The molecule has 25 heavy (non-hydrogen) atoms. The molecule has 0 spiro atoms. The molecule has 6 nitrogen and oxygen atoms in total. The van der Waals surface area contributed by atoms with E-state index in [2.05, 4.69) is 15.3 Å². The number of hydrogen-bond acceptors (Lipinski definition) is 4. The predicted octanol–water partition coefficient (Wildman–Crippen LogP) is 2.74. The van der Waals surface area contributed by atoms with E-state index in [9.17, 15) is 4.79 Å². The van der Waals surface area contributed by atoms with Crippen LogP contribution in [0.25, 0.3) is 11.3 Å².